The first-order valence-corrected chi connectivity index (χ1v) is 13.1. The number of hydrogen-bond donors (Lipinski definition) is 6. The standard InChI is InChI=1S/C26H26ClF3N8O5/c27-15-3-1-14(2-4-15)25(10-11-25)38-23-35-22(36-24(37-23)43-13-26(28,29)30)34-17-7-5-16(6-8-17)33-18(21(41)42)9-12-32-20(40)19(31)39/h1-8,18,33H,9-13H2,(H2,31,39)(H,32,40)(H,41,42)(H2,34,35,36,37,38). The molecule has 7 N–H and O–H groups in total. The van der Waals surface area contributed by atoms with Gasteiger partial charge in [-0.25, -0.2) is 4.79 Å². The highest BCUT2D eigenvalue weighted by molar-refractivity contribution is 6.34. The normalized spacial score (nSPS) is 14.2. The monoisotopic (exact) mass is 622 g/mol. The third-order valence-electron chi connectivity index (χ3n) is 6.20. The van der Waals surface area contributed by atoms with Crippen LogP contribution < -0.4 is 31.7 Å². The number of primary amides is 1. The summed E-state index contributed by atoms with van der Waals surface area (Å²) in [6, 6.07) is 11.7. The van der Waals surface area contributed by atoms with Gasteiger partial charge in [0, 0.05) is 22.9 Å². The van der Waals surface area contributed by atoms with Crippen LogP contribution in [-0.4, -0.2) is 63.2 Å². The van der Waals surface area contributed by atoms with Crippen LogP contribution in [0.2, 0.25) is 5.02 Å². The maximum absolute atomic E-state index is 12.8. The summed E-state index contributed by atoms with van der Waals surface area (Å²) < 4.78 is 43.3. The Morgan fingerprint density at radius 3 is 2.21 bits per heavy atom. The van der Waals surface area contributed by atoms with Crippen LogP contribution in [0.3, 0.4) is 0 Å². The van der Waals surface area contributed by atoms with Crippen LogP contribution in [0.25, 0.3) is 0 Å². The number of carbonyl (C=O) groups is 3. The summed E-state index contributed by atoms with van der Waals surface area (Å²) in [6.07, 6.45) is -3.21. The Kier molecular flexibility index (Phi) is 9.38. The number of hydrogen-bond acceptors (Lipinski definition) is 10. The number of nitrogens with zero attached hydrogens (tertiary/aromatic N) is 3. The van der Waals surface area contributed by atoms with E-state index in [2.05, 4.69) is 36.2 Å². The number of aliphatic carboxylic acids is 1. The van der Waals surface area contributed by atoms with Crippen molar-refractivity contribution in [2.24, 2.45) is 5.73 Å². The molecule has 17 heteroatoms. The average Bonchev–Trinajstić information content (AvgIpc) is 3.72. The summed E-state index contributed by atoms with van der Waals surface area (Å²) in [5.41, 5.74) is 6.06. The van der Waals surface area contributed by atoms with Gasteiger partial charge >= 0.3 is 30.0 Å². The summed E-state index contributed by atoms with van der Waals surface area (Å²) in [6.45, 7) is -1.71. The van der Waals surface area contributed by atoms with Gasteiger partial charge in [0.25, 0.3) is 0 Å². The molecular weight excluding hydrogens is 597 g/mol. The molecule has 1 unspecified atom stereocenters. The molecule has 1 aliphatic carbocycles. The number of benzene rings is 2. The number of carboxylic acid groups (broad SMARTS) is 1. The summed E-state index contributed by atoms with van der Waals surface area (Å²) in [5.74, 6) is -3.51. The van der Waals surface area contributed by atoms with E-state index in [9.17, 15) is 32.7 Å². The predicted molar refractivity (Wildman–Crippen MR) is 149 cm³/mol. The summed E-state index contributed by atoms with van der Waals surface area (Å²) >= 11 is 5.99. The van der Waals surface area contributed by atoms with E-state index in [1.165, 1.54) is 0 Å². The third-order valence-corrected chi connectivity index (χ3v) is 6.45. The fourth-order valence-corrected chi connectivity index (χ4v) is 4.05. The van der Waals surface area contributed by atoms with Crippen molar-refractivity contribution in [2.75, 3.05) is 29.1 Å². The number of aromatic nitrogens is 3. The van der Waals surface area contributed by atoms with E-state index in [4.69, 9.17) is 22.1 Å². The molecule has 1 fully saturated rings. The fraction of sp³-hybridized carbons (Fsp3) is 0.308. The SMILES string of the molecule is NC(=O)C(=O)NCCC(Nc1ccc(Nc2nc(NC3(c4ccc(Cl)cc4)CC3)nc(OCC(F)(F)F)n2)cc1)C(=O)O. The molecule has 0 spiro atoms. The molecule has 2 aromatic carbocycles. The minimum Gasteiger partial charge on any atom is -0.480 e. The molecular formula is C26H26ClF3N8O5. The molecule has 0 saturated heterocycles. The van der Waals surface area contributed by atoms with Gasteiger partial charge < -0.3 is 36.8 Å². The molecule has 1 aliphatic rings. The van der Waals surface area contributed by atoms with Crippen LogP contribution in [0, 0.1) is 0 Å². The smallest absolute Gasteiger partial charge is 0.422 e. The van der Waals surface area contributed by atoms with Crippen LogP contribution >= 0.6 is 11.6 Å². The van der Waals surface area contributed by atoms with Crippen LogP contribution in [0.4, 0.5) is 36.4 Å². The van der Waals surface area contributed by atoms with Crippen molar-refractivity contribution in [1.29, 1.82) is 0 Å². The molecule has 1 heterocycles. The second-order valence-corrected chi connectivity index (χ2v) is 9.97. The van der Waals surface area contributed by atoms with Crippen LogP contribution in [0.15, 0.2) is 48.5 Å². The lowest BCUT2D eigenvalue weighted by atomic mass is 10.1. The van der Waals surface area contributed by atoms with E-state index in [-0.39, 0.29) is 24.9 Å². The van der Waals surface area contributed by atoms with E-state index in [1.54, 1.807) is 36.4 Å². The summed E-state index contributed by atoms with van der Waals surface area (Å²) in [4.78, 5) is 46.0. The topological polar surface area (TPSA) is 193 Å². The Balaban J connectivity index is 1.47. The molecule has 228 valence electrons. The van der Waals surface area contributed by atoms with Crippen molar-refractivity contribution in [3.05, 3.63) is 59.1 Å². The zero-order valence-electron chi connectivity index (χ0n) is 22.2. The number of carboxylic acids is 1. The van der Waals surface area contributed by atoms with Crippen molar-refractivity contribution in [3.8, 4) is 6.01 Å². The molecule has 1 saturated carbocycles. The van der Waals surface area contributed by atoms with Gasteiger partial charge in [0.15, 0.2) is 6.61 Å². The molecule has 0 aliphatic heterocycles. The highest BCUT2D eigenvalue weighted by atomic mass is 35.5. The zero-order chi connectivity index (χ0) is 31.2. The molecule has 1 aromatic heterocycles. The molecule has 3 aromatic rings. The fourth-order valence-electron chi connectivity index (χ4n) is 3.93. The number of amides is 2. The van der Waals surface area contributed by atoms with Crippen molar-refractivity contribution in [1.82, 2.24) is 20.3 Å². The lowest BCUT2D eigenvalue weighted by Crippen LogP contribution is -2.39. The van der Waals surface area contributed by atoms with E-state index in [0.29, 0.717) is 16.4 Å². The predicted octanol–water partition coefficient (Wildman–Crippen LogP) is 3.17. The molecule has 1 atom stereocenters. The number of rotatable bonds is 13. The second-order valence-electron chi connectivity index (χ2n) is 9.53. The number of halogens is 4. The van der Waals surface area contributed by atoms with Crippen molar-refractivity contribution in [2.45, 2.75) is 37.0 Å². The Hall–Kier alpha value is -4.86. The number of anilines is 4. The molecule has 43 heavy (non-hydrogen) atoms. The zero-order valence-corrected chi connectivity index (χ0v) is 23.0. The third kappa shape index (κ3) is 9.06. The van der Waals surface area contributed by atoms with Gasteiger partial charge in [-0.2, -0.15) is 28.1 Å². The van der Waals surface area contributed by atoms with Gasteiger partial charge in [-0.05, 0) is 61.2 Å². The highest BCUT2D eigenvalue weighted by Gasteiger charge is 2.45. The van der Waals surface area contributed by atoms with Crippen molar-refractivity contribution in [3.63, 3.8) is 0 Å². The summed E-state index contributed by atoms with van der Waals surface area (Å²) in [7, 11) is 0. The van der Waals surface area contributed by atoms with E-state index < -0.39 is 48.2 Å². The maximum Gasteiger partial charge on any atom is 0.422 e. The Labute approximate surface area is 247 Å². The van der Waals surface area contributed by atoms with Gasteiger partial charge in [-0.3, -0.25) is 9.59 Å². The van der Waals surface area contributed by atoms with Crippen LogP contribution in [-0.2, 0) is 19.9 Å². The molecule has 4 rings (SSSR count). The van der Waals surface area contributed by atoms with Crippen molar-refractivity contribution < 1.29 is 37.4 Å². The van der Waals surface area contributed by atoms with E-state index in [0.717, 1.165) is 18.4 Å². The Morgan fingerprint density at radius 2 is 1.63 bits per heavy atom. The molecule has 0 bridgehead atoms. The quantitative estimate of drug-likeness (QED) is 0.153. The van der Waals surface area contributed by atoms with Gasteiger partial charge in [-0.15, -0.1) is 0 Å². The van der Waals surface area contributed by atoms with Crippen molar-refractivity contribution >= 4 is 52.7 Å². The van der Waals surface area contributed by atoms with Crippen LogP contribution in [0.1, 0.15) is 24.8 Å². The number of ether oxygens (including phenoxy) is 1. The van der Waals surface area contributed by atoms with E-state index >= 15 is 0 Å². The van der Waals surface area contributed by atoms with Gasteiger partial charge in [0.2, 0.25) is 11.9 Å². The first-order valence-electron chi connectivity index (χ1n) is 12.8. The lowest BCUT2D eigenvalue weighted by molar-refractivity contribution is -0.154. The largest absolute Gasteiger partial charge is 0.480 e. The Bertz CT molecular complexity index is 1470. The van der Waals surface area contributed by atoms with Crippen LogP contribution in [0.5, 0.6) is 6.01 Å². The lowest BCUT2D eigenvalue weighted by Gasteiger charge is -2.19. The Morgan fingerprint density at radius 1 is 1.00 bits per heavy atom. The highest BCUT2D eigenvalue weighted by Crippen LogP contribution is 2.48. The number of alkyl halides is 3. The molecule has 2 amide bonds. The van der Waals surface area contributed by atoms with Gasteiger partial charge in [0.05, 0.1) is 5.54 Å². The maximum atomic E-state index is 12.8. The number of nitrogens with two attached hydrogens (primary N) is 1. The van der Waals surface area contributed by atoms with Gasteiger partial charge in [-0.1, -0.05) is 23.7 Å². The number of nitrogens with one attached hydrogen (secondary N) is 4. The minimum absolute atomic E-state index is 0.00635. The summed E-state index contributed by atoms with van der Waals surface area (Å²) in [5, 5.41) is 21.1. The molecule has 13 nitrogen and oxygen atoms in total. The first-order chi connectivity index (χ1) is 20.3. The second kappa shape index (κ2) is 13.0. The number of carbonyl (C=O) groups excluding carboxylic acids is 2. The van der Waals surface area contributed by atoms with Gasteiger partial charge in [0.1, 0.15) is 6.04 Å². The minimum atomic E-state index is -4.61. The first kappa shape index (κ1) is 31.1. The average molecular weight is 623 g/mol. The van der Waals surface area contributed by atoms with E-state index in [1.807, 2.05) is 12.1 Å². The molecule has 0 radical (unpaired) electrons.